The fraction of sp³-hybridized carbons (Fsp3) is 0.429. The van der Waals surface area contributed by atoms with Gasteiger partial charge in [0.1, 0.15) is 13.2 Å². The molecule has 2 aromatic rings. The van der Waals surface area contributed by atoms with Crippen molar-refractivity contribution in [3.63, 3.8) is 0 Å². The Bertz CT molecular complexity index is 782. The number of benzene rings is 1. The summed E-state index contributed by atoms with van der Waals surface area (Å²) in [6.07, 6.45) is 4.37. The van der Waals surface area contributed by atoms with Gasteiger partial charge in [-0.25, -0.2) is 0 Å². The van der Waals surface area contributed by atoms with Crippen LogP contribution in [0.3, 0.4) is 0 Å². The summed E-state index contributed by atoms with van der Waals surface area (Å²) >= 11 is 0. The number of ether oxygens (including phenoxy) is 2. The Hall–Kier alpha value is -2.56. The van der Waals surface area contributed by atoms with Crippen LogP contribution in [0.25, 0.3) is 0 Å². The molecule has 1 atom stereocenters. The van der Waals surface area contributed by atoms with Gasteiger partial charge in [0.05, 0.1) is 6.04 Å². The molecule has 1 aromatic heterocycles. The zero-order valence-corrected chi connectivity index (χ0v) is 15.8. The lowest BCUT2D eigenvalue weighted by Gasteiger charge is -2.27. The molecule has 26 heavy (non-hydrogen) atoms. The molecular formula is C21H26N2O3. The number of pyridine rings is 1. The van der Waals surface area contributed by atoms with Crippen molar-refractivity contribution in [2.45, 2.75) is 40.2 Å². The molecule has 0 aliphatic carbocycles. The Morgan fingerprint density at radius 1 is 1.23 bits per heavy atom. The van der Waals surface area contributed by atoms with Crippen molar-refractivity contribution in [2.24, 2.45) is 5.41 Å². The van der Waals surface area contributed by atoms with Crippen LogP contribution in [0, 0.1) is 12.3 Å². The fourth-order valence-corrected chi connectivity index (χ4v) is 3.12. The Labute approximate surface area is 154 Å². The van der Waals surface area contributed by atoms with Gasteiger partial charge in [-0.1, -0.05) is 26.8 Å². The van der Waals surface area contributed by atoms with E-state index < -0.39 is 0 Å². The van der Waals surface area contributed by atoms with Crippen molar-refractivity contribution in [3.05, 3.63) is 53.3 Å². The molecule has 1 aliphatic rings. The minimum Gasteiger partial charge on any atom is -0.486 e. The second kappa shape index (κ2) is 7.36. The average Bonchev–Trinajstić information content (AvgIpc) is 2.60. The maximum absolute atomic E-state index is 13.0. The van der Waals surface area contributed by atoms with Gasteiger partial charge in [0.2, 0.25) is 0 Å². The molecule has 0 saturated carbocycles. The molecule has 5 heteroatoms. The van der Waals surface area contributed by atoms with E-state index in [2.05, 4.69) is 31.1 Å². The summed E-state index contributed by atoms with van der Waals surface area (Å²) in [5, 5.41) is 3.18. The molecule has 2 heterocycles. The monoisotopic (exact) mass is 354 g/mol. The number of fused-ring (bicyclic) bond motifs is 1. The lowest BCUT2D eigenvalue weighted by molar-refractivity contribution is 0.0924. The highest BCUT2D eigenvalue weighted by molar-refractivity contribution is 5.96. The van der Waals surface area contributed by atoms with Gasteiger partial charge in [0.15, 0.2) is 11.5 Å². The van der Waals surface area contributed by atoms with Crippen molar-refractivity contribution in [3.8, 4) is 11.5 Å². The summed E-state index contributed by atoms with van der Waals surface area (Å²) in [4.78, 5) is 17.2. The molecular weight excluding hydrogens is 328 g/mol. The second-order valence-electron chi connectivity index (χ2n) is 7.89. The van der Waals surface area contributed by atoms with Crippen LogP contribution in [-0.4, -0.2) is 24.1 Å². The van der Waals surface area contributed by atoms with Gasteiger partial charge >= 0.3 is 0 Å². The van der Waals surface area contributed by atoms with Crippen molar-refractivity contribution in [1.82, 2.24) is 10.3 Å². The molecule has 0 spiro atoms. The molecule has 1 amide bonds. The third kappa shape index (κ3) is 4.34. The van der Waals surface area contributed by atoms with Crippen molar-refractivity contribution in [1.29, 1.82) is 0 Å². The molecule has 1 aliphatic heterocycles. The first-order valence-corrected chi connectivity index (χ1v) is 8.94. The first kappa shape index (κ1) is 18.2. The number of amides is 1. The number of nitrogens with one attached hydrogen (secondary N) is 1. The maximum atomic E-state index is 13.0. The highest BCUT2D eigenvalue weighted by atomic mass is 16.6. The van der Waals surface area contributed by atoms with E-state index in [0.717, 1.165) is 17.5 Å². The lowest BCUT2D eigenvalue weighted by Crippen LogP contribution is -2.32. The second-order valence-corrected chi connectivity index (χ2v) is 7.89. The molecule has 3 rings (SSSR count). The van der Waals surface area contributed by atoms with E-state index in [1.165, 1.54) is 0 Å². The predicted octanol–water partition coefficient (Wildman–Crippen LogP) is 4.07. The third-order valence-electron chi connectivity index (χ3n) is 4.34. The summed E-state index contributed by atoms with van der Waals surface area (Å²) in [7, 11) is 0. The van der Waals surface area contributed by atoms with E-state index >= 15 is 0 Å². The first-order valence-electron chi connectivity index (χ1n) is 8.94. The van der Waals surface area contributed by atoms with E-state index in [1.807, 2.05) is 31.3 Å². The number of hydrogen-bond donors (Lipinski definition) is 1. The van der Waals surface area contributed by atoms with Gasteiger partial charge < -0.3 is 14.8 Å². The molecule has 0 saturated heterocycles. The number of carbonyl (C=O) groups excluding carboxylic acids is 1. The van der Waals surface area contributed by atoms with Crippen LogP contribution in [0.15, 0.2) is 36.7 Å². The predicted molar refractivity (Wildman–Crippen MR) is 101 cm³/mol. The minimum atomic E-state index is -0.113. The number of aromatic nitrogens is 1. The summed E-state index contributed by atoms with van der Waals surface area (Å²) in [6.45, 7) is 9.44. The van der Waals surface area contributed by atoms with E-state index in [1.54, 1.807) is 12.3 Å². The SMILES string of the molecule is Cc1cc2c(cc1C(=O)N[C@@H](CC(C)(C)C)c1cccnc1)OCCO2. The van der Waals surface area contributed by atoms with Crippen LogP contribution in [-0.2, 0) is 0 Å². The minimum absolute atomic E-state index is 0.0651. The lowest BCUT2D eigenvalue weighted by atomic mass is 9.85. The summed E-state index contributed by atoms with van der Waals surface area (Å²) in [6, 6.07) is 7.43. The first-order chi connectivity index (χ1) is 12.3. The van der Waals surface area contributed by atoms with E-state index in [4.69, 9.17) is 9.47 Å². The van der Waals surface area contributed by atoms with Crippen LogP contribution in [0.4, 0.5) is 0 Å². The molecule has 138 valence electrons. The highest BCUT2D eigenvalue weighted by Crippen LogP contribution is 2.34. The number of carbonyl (C=O) groups is 1. The summed E-state index contributed by atoms with van der Waals surface area (Å²) in [5.41, 5.74) is 2.55. The standard InChI is InChI=1S/C21H26N2O3/c1-14-10-18-19(26-9-8-25-18)11-16(14)20(24)23-17(12-21(2,3)4)15-6-5-7-22-13-15/h5-7,10-11,13,17H,8-9,12H2,1-4H3,(H,23,24)/t17-/m0/s1. The Balaban J connectivity index is 1.86. The molecule has 0 fully saturated rings. The molecule has 1 aromatic carbocycles. The Morgan fingerprint density at radius 3 is 2.54 bits per heavy atom. The Kier molecular flexibility index (Phi) is 5.16. The largest absolute Gasteiger partial charge is 0.486 e. The summed E-state index contributed by atoms with van der Waals surface area (Å²) in [5.74, 6) is 1.21. The van der Waals surface area contributed by atoms with Crippen LogP contribution in [0.1, 0.15) is 54.7 Å². The molecule has 5 nitrogen and oxygen atoms in total. The molecule has 1 N–H and O–H groups in total. The summed E-state index contributed by atoms with van der Waals surface area (Å²) < 4.78 is 11.2. The number of nitrogens with zero attached hydrogens (tertiary/aromatic N) is 1. The van der Waals surface area contributed by atoms with Crippen molar-refractivity contribution in [2.75, 3.05) is 13.2 Å². The van der Waals surface area contributed by atoms with Crippen molar-refractivity contribution >= 4 is 5.91 Å². The fourth-order valence-electron chi connectivity index (χ4n) is 3.12. The van der Waals surface area contributed by atoms with Gasteiger partial charge in [-0.15, -0.1) is 0 Å². The zero-order valence-electron chi connectivity index (χ0n) is 15.8. The quantitative estimate of drug-likeness (QED) is 0.899. The number of rotatable bonds is 4. The van der Waals surface area contributed by atoms with Gasteiger partial charge in [0, 0.05) is 18.0 Å². The van der Waals surface area contributed by atoms with Gasteiger partial charge in [-0.3, -0.25) is 9.78 Å². The van der Waals surface area contributed by atoms with Gasteiger partial charge in [-0.05, 0) is 48.1 Å². The van der Waals surface area contributed by atoms with E-state index in [0.29, 0.717) is 30.3 Å². The zero-order chi connectivity index (χ0) is 18.7. The van der Waals surface area contributed by atoms with Crippen LogP contribution < -0.4 is 14.8 Å². The topological polar surface area (TPSA) is 60.5 Å². The van der Waals surface area contributed by atoms with Crippen LogP contribution in [0.2, 0.25) is 0 Å². The van der Waals surface area contributed by atoms with Crippen LogP contribution >= 0.6 is 0 Å². The van der Waals surface area contributed by atoms with E-state index in [-0.39, 0.29) is 17.4 Å². The van der Waals surface area contributed by atoms with E-state index in [9.17, 15) is 4.79 Å². The molecule has 0 unspecified atom stereocenters. The van der Waals surface area contributed by atoms with Crippen molar-refractivity contribution < 1.29 is 14.3 Å². The normalized spacial score (nSPS) is 14.6. The third-order valence-corrected chi connectivity index (χ3v) is 4.34. The smallest absolute Gasteiger partial charge is 0.252 e. The number of hydrogen-bond acceptors (Lipinski definition) is 4. The molecule has 0 bridgehead atoms. The maximum Gasteiger partial charge on any atom is 0.252 e. The molecule has 0 radical (unpaired) electrons. The average molecular weight is 354 g/mol. The van der Waals surface area contributed by atoms with Crippen LogP contribution in [0.5, 0.6) is 11.5 Å². The van der Waals surface area contributed by atoms with Gasteiger partial charge in [0.25, 0.3) is 5.91 Å². The number of aryl methyl sites for hydroxylation is 1. The van der Waals surface area contributed by atoms with Gasteiger partial charge in [-0.2, -0.15) is 0 Å². The Morgan fingerprint density at radius 2 is 1.92 bits per heavy atom. The highest BCUT2D eigenvalue weighted by Gasteiger charge is 2.24.